The fourth-order valence-corrected chi connectivity index (χ4v) is 2.26. The van der Waals surface area contributed by atoms with Gasteiger partial charge in [0.1, 0.15) is 11.6 Å². The zero-order valence-electron chi connectivity index (χ0n) is 10.0. The molecule has 1 aliphatic heterocycles. The minimum absolute atomic E-state index is 0.462. The molecule has 0 radical (unpaired) electrons. The molecule has 0 spiro atoms. The van der Waals surface area contributed by atoms with Crippen LogP contribution in [0.1, 0.15) is 19.3 Å². The average Bonchev–Trinajstić information content (AvgIpc) is 2.78. The summed E-state index contributed by atoms with van der Waals surface area (Å²) in [5.41, 5.74) is 0.462. The Kier molecular flexibility index (Phi) is 3.94. The van der Waals surface area contributed by atoms with E-state index in [1.807, 2.05) is 11.9 Å². The lowest BCUT2D eigenvalue weighted by molar-refractivity contribution is 0.550. The van der Waals surface area contributed by atoms with Crippen LogP contribution in [0.15, 0.2) is 18.2 Å². The number of halogens is 2. The summed E-state index contributed by atoms with van der Waals surface area (Å²) in [6.07, 6.45) is 3.41. The Bertz CT molecular complexity index is 376. The highest BCUT2D eigenvalue weighted by atomic mass is 19.1. The number of rotatable bonds is 4. The van der Waals surface area contributed by atoms with E-state index in [9.17, 15) is 8.78 Å². The smallest absolute Gasteiger partial charge is 0.149 e. The van der Waals surface area contributed by atoms with Gasteiger partial charge in [0.15, 0.2) is 0 Å². The second-order valence-corrected chi connectivity index (χ2v) is 4.60. The Morgan fingerprint density at radius 2 is 2.24 bits per heavy atom. The molecule has 1 fully saturated rings. The molecule has 0 saturated carbocycles. The maximum Gasteiger partial charge on any atom is 0.149 e. The molecule has 1 N–H and O–H groups in total. The molecule has 2 nitrogen and oxygen atoms in total. The first kappa shape index (κ1) is 12.3. The van der Waals surface area contributed by atoms with Crippen LogP contribution in [0.3, 0.4) is 0 Å². The Hall–Kier alpha value is -1.16. The Morgan fingerprint density at radius 1 is 1.41 bits per heavy atom. The summed E-state index contributed by atoms with van der Waals surface area (Å²) in [5, 5.41) is 3.41. The van der Waals surface area contributed by atoms with E-state index in [2.05, 4.69) is 5.32 Å². The number of benzene rings is 1. The van der Waals surface area contributed by atoms with Gasteiger partial charge in [0.25, 0.3) is 0 Å². The van der Waals surface area contributed by atoms with E-state index in [1.165, 1.54) is 25.0 Å². The van der Waals surface area contributed by atoms with E-state index in [0.29, 0.717) is 11.7 Å². The van der Waals surface area contributed by atoms with Crippen LogP contribution in [-0.4, -0.2) is 26.2 Å². The lowest BCUT2D eigenvalue weighted by atomic mass is 10.1. The van der Waals surface area contributed by atoms with Crippen LogP contribution in [-0.2, 0) is 0 Å². The van der Waals surface area contributed by atoms with E-state index in [0.717, 1.165) is 25.6 Å². The van der Waals surface area contributed by atoms with Crippen molar-refractivity contribution in [3.8, 4) is 0 Å². The minimum Gasteiger partial charge on any atom is -0.372 e. The molecule has 1 atom stereocenters. The van der Waals surface area contributed by atoms with Gasteiger partial charge in [-0.15, -0.1) is 0 Å². The van der Waals surface area contributed by atoms with Crippen molar-refractivity contribution >= 4 is 5.69 Å². The van der Waals surface area contributed by atoms with Gasteiger partial charge < -0.3 is 10.2 Å². The van der Waals surface area contributed by atoms with Crippen LogP contribution in [0.4, 0.5) is 14.5 Å². The lowest BCUT2D eigenvalue weighted by Crippen LogP contribution is -2.28. The molecule has 0 amide bonds. The molecule has 1 saturated heterocycles. The molecule has 2 rings (SSSR count). The summed E-state index contributed by atoms with van der Waals surface area (Å²) in [6, 6.07) is 4.26. The number of nitrogens with one attached hydrogen (secondary N) is 1. The number of nitrogens with zero attached hydrogens (tertiary/aromatic N) is 1. The first-order chi connectivity index (χ1) is 8.16. The van der Waals surface area contributed by atoms with Crippen molar-refractivity contribution in [1.29, 1.82) is 0 Å². The highest BCUT2D eigenvalue weighted by Crippen LogP contribution is 2.20. The van der Waals surface area contributed by atoms with Crippen LogP contribution in [0.2, 0.25) is 0 Å². The van der Waals surface area contributed by atoms with Gasteiger partial charge in [-0.05, 0) is 37.9 Å². The van der Waals surface area contributed by atoms with E-state index in [-0.39, 0.29) is 0 Å². The van der Waals surface area contributed by atoms with E-state index in [1.54, 1.807) is 0 Å². The molecule has 0 aromatic heterocycles. The fraction of sp³-hybridized carbons (Fsp3) is 0.538. The minimum atomic E-state index is -0.530. The standard InChI is InChI=1S/C13H18F2N2/c1-17(8-6-11-3-2-7-16-11)13-5-4-10(14)9-12(13)15/h4-5,9,11,16H,2-3,6-8H2,1H3. The Balaban J connectivity index is 1.91. The molecule has 1 aliphatic rings. The van der Waals surface area contributed by atoms with Crippen molar-refractivity contribution < 1.29 is 8.78 Å². The normalized spacial score (nSPS) is 19.6. The van der Waals surface area contributed by atoms with Crippen LogP contribution in [0.5, 0.6) is 0 Å². The first-order valence-corrected chi connectivity index (χ1v) is 6.06. The highest BCUT2D eigenvalue weighted by molar-refractivity contribution is 5.46. The zero-order chi connectivity index (χ0) is 12.3. The van der Waals surface area contributed by atoms with Gasteiger partial charge >= 0.3 is 0 Å². The van der Waals surface area contributed by atoms with E-state index in [4.69, 9.17) is 0 Å². The topological polar surface area (TPSA) is 15.3 Å². The van der Waals surface area contributed by atoms with Gasteiger partial charge in [0, 0.05) is 25.7 Å². The molecule has 0 aliphatic carbocycles. The van der Waals surface area contributed by atoms with Crippen molar-refractivity contribution in [2.45, 2.75) is 25.3 Å². The average molecular weight is 240 g/mol. The molecule has 4 heteroatoms. The molecule has 1 aromatic rings. The van der Waals surface area contributed by atoms with Crippen molar-refractivity contribution in [2.75, 3.05) is 25.0 Å². The number of hydrogen-bond acceptors (Lipinski definition) is 2. The molecule has 17 heavy (non-hydrogen) atoms. The Labute approximate surface area is 101 Å². The van der Waals surface area contributed by atoms with Crippen LogP contribution < -0.4 is 10.2 Å². The van der Waals surface area contributed by atoms with Gasteiger partial charge in [0.2, 0.25) is 0 Å². The second kappa shape index (κ2) is 5.45. The van der Waals surface area contributed by atoms with Gasteiger partial charge in [-0.1, -0.05) is 0 Å². The van der Waals surface area contributed by atoms with Crippen molar-refractivity contribution in [3.63, 3.8) is 0 Å². The molecule has 1 aromatic carbocycles. The monoisotopic (exact) mass is 240 g/mol. The molecular formula is C13H18F2N2. The third kappa shape index (κ3) is 3.16. The summed E-state index contributed by atoms with van der Waals surface area (Å²) in [7, 11) is 1.84. The van der Waals surface area contributed by atoms with Gasteiger partial charge in [-0.2, -0.15) is 0 Å². The summed E-state index contributed by atoms with van der Waals surface area (Å²) >= 11 is 0. The predicted molar refractivity (Wildman–Crippen MR) is 65.3 cm³/mol. The van der Waals surface area contributed by atoms with Gasteiger partial charge in [0.05, 0.1) is 5.69 Å². The van der Waals surface area contributed by atoms with Gasteiger partial charge in [-0.25, -0.2) is 8.78 Å². The highest BCUT2D eigenvalue weighted by Gasteiger charge is 2.15. The summed E-state index contributed by atoms with van der Waals surface area (Å²) in [4.78, 5) is 1.84. The van der Waals surface area contributed by atoms with Crippen molar-refractivity contribution in [3.05, 3.63) is 29.8 Å². The third-order valence-corrected chi connectivity index (χ3v) is 3.30. The molecule has 1 heterocycles. The maximum atomic E-state index is 13.5. The van der Waals surface area contributed by atoms with Crippen LogP contribution in [0, 0.1) is 11.6 Å². The number of hydrogen-bond donors (Lipinski definition) is 1. The SMILES string of the molecule is CN(CCC1CCCN1)c1ccc(F)cc1F. The van der Waals surface area contributed by atoms with Crippen molar-refractivity contribution in [1.82, 2.24) is 5.32 Å². The van der Waals surface area contributed by atoms with Crippen molar-refractivity contribution in [2.24, 2.45) is 0 Å². The third-order valence-electron chi connectivity index (χ3n) is 3.30. The van der Waals surface area contributed by atoms with E-state index >= 15 is 0 Å². The zero-order valence-corrected chi connectivity index (χ0v) is 10.0. The lowest BCUT2D eigenvalue weighted by Gasteiger charge is -2.21. The molecule has 94 valence electrons. The summed E-state index contributed by atoms with van der Waals surface area (Å²) in [5.74, 6) is -1.02. The van der Waals surface area contributed by atoms with E-state index < -0.39 is 11.6 Å². The summed E-state index contributed by atoms with van der Waals surface area (Å²) in [6.45, 7) is 1.86. The molecule has 1 unspecified atom stereocenters. The second-order valence-electron chi connectivity index (χ2n) is 4.60. The molecule has 0 bridgehead atoms. The predicted octanol–water partition coefficient (Wildman–Crippen LogP) is 2.54. The van der Waals surface area contributed by atoms with Crippen LogP contribution >= 0.6 is 0 Å². The fourth-order valence-electron chi connectivity index (χ4n) is 2.26. The molecular weight excluding hydrogens is 222 g/mol. The van der Waals surface area contributed by atoms with Gasteiger partial charge in [-0.3, -0.25) is 0 Å². The maximum absolute atomic E-state index is 13.5. The summed E-state index contributed by atoms with van der Waals surface area (Å²) < 4.78 is 26.3. The van der Waals surface area contributed by atoms with Crippen LogP contribution in [0.25, 0.3) is 0 Å². The number of anilines is 1. The first-order valence-electron chi connectivity index (χ1n) is 6.06. The quantitative estimate of drug-likeness (QED) is 0.870. The Morgan fingerprint density at radius 3 is 2.88 bits per heavy atom. The largest absolute Gasteiger partial charge is 0.372 e.